The number of aromatic carboxylic acids is 1. The van der Waals surface area contributed by atoms with E-state index < -0.39 is 5.97 Å². The lowest BCUT2D eigenvalue weighted by atomic mass is 10.2. The number of hydrogen-bond donors (Lipinski definition) is 2. The molecule has 0 spiro atoms. The SMILES string of the molecule is Cc1nc(NCc2ccnn2C)ncc1C(=O)O. The zero-order valence-corrected chi connectivity index (χ0v) is 10.1. The lowest BCUT2D eigenvalue weighted by molar-refractivity contribution is 0.0695. The van der Waals surface area contributed by atoms with Gasteiger partial charge in [-0.1, -0.05) is 0 Å². The van der Waals surface area contributed by atoms with Gasteiger partial charge in [0.25, 0.3) is 0 Å². The zero-order valence-electron chi connectivity index (χ0n) is 10.1. The fourth-order valence-electron chi connectivity index (χ4n) is 1.51. The molecule has 0 radical (unpaired) electrons. The van der Waals surface area contributed by atoms with Crippen molar-refractivity contribution in [3.8, 4) is 0 Å². The van der Waals surface area contributed by atoms with Gasteiger partial charge in [0, 0.05) is 19.4 Å². The first-order valence-corrected chi connectivity index (χ1v) is 5.35. The number of aryl methyl sites for hydroxylation is 2. The third-order valence-electron chi connectivity index (χ3n) is 2.56. The van der Waals surface area contributed by atoms with Crippen LogP contribution in [-0.2, 0) is 13.6 Å². The van der Waals surface area contributed by atoms with Crippen molar-refractivity contribution >= 4 is 11.9 Å². The first-order valence-electron chi connectivity index (χ1n) is 5.35. The maximum atomic E-state index is 10.8. The van der Waals surface area contributed by atoms with E-state index in [1.807, 2.05) is 13.1 Å². The molecule has 0 atom stereocenters. The number of nitrogens with zero attached hydrogens (tertiary/aromatic N) is 4. The van der Waals surface area contributed by atoms with Crippen molar-refractivity contribution in [1.29, 1.82) is 0 Å². The molecule has 0 aliphatic heterocycles. The van der Waals surface area contributed by atoms with Gasteiger partial charge in [0.2, 0.25) is 5.95 Å². The molecule has 0 amide bonds. The molecule has 0 bridgehead atoms. The molecule has 2 N–H and O–H groups in total. The van der Waals surface area contributed by atoms with E-state index in [-0.39, 0.29) is 5.56 Å². The summed E-state index contributed by atoms with van der Waals surface area (Å²) < 4.78 is 1.74. The molecule has 7 heteroatoms. The molecular weight excluding hydrogens is 234 g/mol. The minimum Gasteiger partial charge on any atom is -0.478 e. The minimum atomic E-state index is -1.02. The summed E-state index contributed by atoms with van der Waals surface area (Å²) in [5.74, 6) is -0.621. The summed E-state index contributed by atoms with van der Waals surface area (Å²) in [7, 11) is 1.84. The largest absolute Gasteiger partial charge is 0.478 e. The van der Waals surface area contributed by atoms with E-state index in [0.717, 1.165) is 5.69 Å². The van der Waals surface area contributed by atoms with Gasteiger partial charge in [0.15, 0.2) is 0 Å². The number of carbonyl (C=O) groups is 1. The van der Waals surface area contributed by atoms with Gasteiger partial charge in [-0.05, 0) is 13.0 Å². The molecule has 2 aromatic heterocycles. The number of anilines is 1. The highest BCUT2D eigenvalue weighted by molar-refractivity contribution is 5.88. The number of carboxylic acids is 1. The molecule has 0 aliphatic rings. The van der Waals surface area contributed by atoms with Crippen molar-refractivity contribution in [2.75, 3.05) is 5.32 Å². The predicted octanol–water partition coefficient (Wildman–Crippen LogP) is 0.829. The monoisotopic (exact) mass is 247 g/mol. The summed E-state index contributed by atoms with van der Waals surface area (Å²) >= 11 is 0. The topological polar surface area (TPSA) is 92.9 Å². The molecule has 18 heavy (non-hydrogen) atoms. The molecule has 0 aliphatic carbocycles. The van der Waals surface area contributed by atoms with E-state index in [1.54, 1.807) is 17.8 Å². The van der Waals surface area contributed by atoms with Gasteiger partial charge in [0.1, 0.15) is 0 Å². The average Bonchev–Trinajstić information content (AvgIpc) is 2.72. The molecule has 0 fully saturated rings. The van der Waals surface area contributed by atoms with Crippen molar-refractivity contribution in [3.05, 3.63) is 35.4 Å². The first-order chi connectivity index (χ1) is 8.58. The summed E-state index contributed by atoms with van der Waals surface area (Å²) in [6.45, 7) is 2.17. The van der Waals surface area contributed by atoms with E-state index in [1.165, 1.54) is 6.20 Å². The van der Waals surface area contributed by atoms with Crippen LogP contribution in [0.4, 0.5) is 5.95 Å². The van der Waals surface area contributed by atoms with Gasteiger partial charge in [-0.3, -0.25) is 4.68 Å². The van der Waals surface area contributed by atoms with Gasteiger partial charge in [-0.2, -0.15) is 5.10 Å². The smallest absolute Gasteiger partial charge is 0.339 e. The van der Waals surface area contributed by atoms with Crippen LogP contribution in [0.15, 0.2) is 18.5 Å². The first kappa shape index (κ1) is 12.0. The second kappa shape index (κ2) is 4.82. The number of rotatable bonds is 4. The second-order valence-electron chi connectivity index (χ2n) is 3.80. The zero-order chi connectivity index (χ0) is 13.1. The van der Waals surface area contributed by atoms with Crippen molar-refractivity contribution in [2.24, 2.45) is 7.05 Å². The Morgan fingerprint density at radius 2 is 2.33 bits per heavy atom. The Morgan fingerprint density at radius 1 is 1.56 bits per heavy atom. The quantitative estimate of drug-likeness (QED) is 0.831. The van der Waals surface area contributed by atoms with Crippen LogP contribution in [0.2, 0.25) is 0 Å². The van der Waals surface area contributed by atoms with Crippen LogP contribution in [0.1, 0.15) is 21.7 Å². The Morgan fingerprint density at radius 3 is 2.89 bits per heavy atom. The van der Waals surface area contributed by atoms with Crippen LogP contribution in [-0.4, -0.2) is 30.8 Å². The lowest BCUT2D eigenvalue weighted by Crippen LogP contribution is -2.10. The summed E-state index contributed by atoms with van der Waals surface area (Å²) in [6, 6.07) is 1.88. The molecule has 2 rings (SSSR count). The highest BCUT2D eigenvalue weighted by Crippen LogP contribution is 2.08. The van der Waals surface area contributed by atoms with Crippen LogP contribution in [0, 0.1) is 6.92 Å². The Kier molecular flexibility index (Phi) is 3.22. The standard InChI is InChI=1S/C11H13N5O2/c1-7-9(10(17)18)6-13-11(15-7)12-5-8-3-4-14-16(8)2/h3-4,6H,5H2,1-2H3,(H,17,18)(H,12,13,15). The molecule has 0 saturated heterocycles. The van der Waals surface area contributed by atoms with Gasteiger partial charge in [-0.15, -0.1) is 0 Å². The third kappa shape index (κ3) is 2.45. The van der Waals surface area contributed by atoms with Gasteiger partial charge < -0.3 is 10.4 Å². The van der Waals surface area contributed by atoms with E-state index in [2.05, 4.69) is 20.4 Å². The highest BCUT2D eigenvalue weighted by Gasteiger charge is 2.09. The summed E-state index contributed by atoms with van der Waals surface area (Å²) in [5.41, 5.74) is 1.53. The molecule has 2 aromatic rings. The average molecular weight is 247 g/mol. The van der Waals surface area contributed by atoms with E-state index in [0.29, 0.717) is 18.2 Å². The highest BCUT2D eigenvalue weighted by atomic mass is 16.4. The molecule has 0 saturated carbocycles. The Balaban J connectivity index is 2.09. The maximum Gasteiger partial charge on any atom is 0.339 e. The molecule has 0 unspecified atom stereocenters. The summed E-state index contributed by atoms with van der Waals surface area (Å²) in [4.78, 5) is 18.9. The predicted molar refractivity (Wildman–Crippen MR) is 64.3 cm³/mol. The van der Waals surface area contributed by atoms with Crippen LogP contribution in [0.3, 0.4) is 0 Å². The van der Waals surface area contributed by atoms with Crippen molar-refractivity contribution in [3.63, 3.8) is 0 Å². The normalized spacial score (nSPS) is 10.3. The van der Waals surface area contributed by atoms with Crippen molar-refractivity contribution in [2.45, 2.75) is 13.5 Å². The van der Waals surface area contributed by atoms with E-state index >= 15 is 0 Å². The second-order valence-corrected chi connectivity index (χ2v) is 3.80. The fraction of sp³-hybridized carbons (Fsp3) is 0.273. The minimum absolute atomic E-state index is 0.112. The maximum absolute atomic E-state index is 10.8. The molecule has 94 valence electrons. The fourth-order valence-corrected chi connectivity index (χ4v) is 1.51. The summed E-state index contributed by atoms with van der Waals surface area (Å²) in [6.07, 6.45) is 3.01. The van der Waals surface area contributed by atoms with E-state index in [4.69, 9.17) is 5.11 Å². The molecule has 7 nitrogen and oxygen atoms in total. The van der Waals surface area contributed by atoms with Gasteiger partial charge in [0.05, 0.1) is 23.5 Å². The van der Waals surface area contributed by atoms with Gasteiger partial charge in [-0.25, -0.2) is 14.8 Å². The van der Waals surface area contributed by atoms with Crippen LogP contribution in [0.25, 0.3) is 0 Å². The number of nitrogens with one attached hydrogen (secondary N) is 1. The Hall–Kier alpha value is -2.44. The van der Waals surface area contributed by atoms with E-state index in [9.17, 15) is 4.79 Å². The third-order valence-corrected chi connectivity index (χ3v) is 2.56. The number of hydrogen-bond acceptors (Lipinski definition) is 5. The molecular formula is C11H13N5O2. The number of carboxylic acid groups (broad SMARTS) is 1. The molecule has 2 heterocycles. The van der Waals surface area contributed by atoms with Gasteiger partial charge >= 0.3 is 5.97 Å². The van der Waals surface area contributed by atoms with Crippen molar-refractivity contribution < 1.29 is 9.90 Å². The summed E-state index contributed by atoms with van der Waals surface area (Å²) in [5, 5.41) is 15.9. The van der Waals surface area contributed by atoms with Crippen LogP contribution < -0.4 is 5.32 Å². The van der Waals surface area contributed by atoms with Crippen LogP contribution >= 0.6 is 0 Å². The Bertz CT molecular complexity index is 579. The van der Waals surface area contributed by atoms with Crippen molar-refractivity contribution in [1.82, 2.24) is 19.7 Å². The number of aromatic nitrogens is 4. The van der Waals surface area contributed by atoms with Crippen LogP contribution in [0.5, 0.6) is 0 Å². The lowest BCUT2D eigenvalue weighted by Gasteiger charge is -2.06. The Labute approximate surface area is 104 Å². The molecule has 0 aromatic carbocycles.